The zero-order valence-corrected chi connectivity index (χ0v) is 20.5. The van der Waals surface area contributed by atoms with Crippen LogP contribution in [0, 0.1) is 10.1 Å². The van der Waals surface area contributed by atoms with Crippen LogP contribution in [0.15, 0.2) is 42.5 Å². The summed E-state index contributed by atoms with van der Waals surface area (Å²) in [6.45, 7) is 7.39. The van der Waals surface area contributed by atoms with Crippen LogP contribution in [0.3, 0.4) is 0 Å². The van der Waals surface area contributed by atoms with E-state index in [2.05, 4.69) is 9.88 Å². The van der Waals surface area contributed by atoms with Gasteiger partial charge in [0.15, 0.2) is 0 Å². The molecule has 0 fully saturated rings. The number of carbonyl (C=O) groups excluding carboxylic acids is 1. The monoisotopic (exact) mass is 479 g/mol. The highest BCUT2D eigenvalue weighted by Gasteiger charge is 2.25. The van der Waals surface area contributed by atoms with Gasteiger partial charge in [-0.05, 0) is 57.5 Å². The van der Waals surface area contributed by atoms with Gasteiger partial charge in [0.25, 0.3) is 5.69 Å². The minimum absolute atomic E-state index is 0.0140. The maximum atomic E-state index is 12.3. The zero-order chi connectivity index (χ0) is 25.3. The second kappa shape index (κ2) is 9.38. The predicted octanol–water partition coefficient (Wildman–Crippen LogP) is 4.90. The molecule has 0 aliphatic rings. The van der Waals surface area contributed by atoms with Gasteiger partial charge in [-0.15, -0.1) is 0 Å². The minimum Gasteiger partial charge on any atom is -0.465 e. The lowest BCUT2D eigenvalue weighted by atomic mass is 10.1. The van der Waals surface area contributed by atoms with Crippen LogP contribution in [0.25, 0.3) is 28.1 Å². The molecule has 0 saturated carbocycles. The topological polar surface area (TPSA) is 113 Å². The van der Waals surface area contributed by atoms with E-state index in [-0.39, 0.29) is 11.2 Å². The van der Waals surface area contributed by atoms with Crippen molar-refractivity contribution in [3.63, 3.8) is 0 Å². The van der Waals surface area contributed by atoms with Crippen molar-refractivity contribution in [3.05, 3.63) is 58.1 Å². The SMILES string of the molecule is COCCCn1c2ccc(C(=O)OC)cc2n2c(NC(C)(C)C)c(-c3ccc([N+](=O)[O-])cc3)nc12. The van der Waals surface area contributed by atoms with Gasteiger partial charge in [-0.1, -0.05) is 0 Å². The first-order valence-corrected chi connectivity index (χ1v) is 11.3. The molecule has 0 atom stereocenters. The average Bonchev–Trinajstić information content (AvgIpc) is 3.32. The van der Waals surface area contributed by atoms with Crippen LogP contribution in [0.1, 0.15) is 37.6 Å². The first-order chi connectivity index (χ1) is 16.6. The van der Waals surface area contributed by atoms with Crippen LogP contribution < -0.4 is 5.32 Å². The third kappa shape index (κ3) is 4.69. The molecule has 0 aliphatic heterocycles. The number of nitro groups is 1. The van der Waals surface area contributed by atoms with E-state index in [1.54, 1.807) is 31.4 Å². The molecule has 4 aromatic rings. The summed E-state index contributed by atoms with van der Waals surface area (Å²) in [4.78, 5) is 28.0. The fraction of sp³-hybridized carbons (Fsp3) is 0.360. The third-order valence-electron chi connectivity index (χ3n) is 5.60. The molecule has 0 unspecified atom stereocenters. The van der Waals surface area contributed by atoms with E-state index < -0.39 is 10.9 Å². The Bertz CT molecular complexity index is 1400. The molecule has 2 heterocycles. The van der Waals surface area contributed by atoms with Crippen LogP contribution in [0.2, 0.25) is 0 Å². The molecule has 10 heteroatoms. The highest BCUT2D eigenvalue weighted by atomic mass is 16.6. The number of imidazole rings is 2. The van der Waals surface area contributed by atoms with Gasteiger partial charge in [0.05, 0.1) is 28.6 Å². The first kappa shape index (κ1) is 24.2. The maximum absolute atomic E-state index is 12.3. The van der Waals surface area contributed by atoms with Gasteiger partial charge in [0, 0.05) is 43.5 Å². The van der Waals surface area contributed by atoms with Crippen LogP contribution in [-0.2, 0) is 16.0 Å². The Balaban J connectivity index is 2.02. The average molecular weight is 480 g/mol. The van der Waals surface area contributed by atoms with E-state index in [9.17, 15) is 14.9 Å². The lowest BCUT2D eigenvalue weighted by Crippen LogP contribution is -2.27. The number of benzene rings is 2. The number of carbonyl (C=O) groups is 1. The Kier molecular flexibility index (Phi) is 6.49. The number of aryl methyl sites for hydroxylation is 1. The molecule has 1 N–H and O–H groups in total. The van der Waals surface area contributed by atoms with Crippen molar-refractivity contribution in [2.24, 2.45) is 0 Å². The third-order valence-corrected chi connectivity index (χ3v) is 5.60. The van der Waals surface area contributed by atoms with Gasteiger partial charge >= 0.3 is 5.97 Å². The lowest BCUT2D eigenvalue weighted by Gasteiger charge is -2.22. The van der Waals surface area contributed by atoms with Crippen molar-refractivity contribution in [2.45, 2.75) is 39.3 Å². The molecule has 0 spiro atoms. The normalized spacial score (nSPS) is 11.8. The van der Waals surface area contributed by atoms with Crippen molar-refractivity contribution in [3.8, 4) is 11.3 Å². The van der Waals surface area contributed by atoms with E-state index in [4.69, 9.17) is 14.5 Å². The predicted molar refractivity (Wildman–Crippen MR) is 134 cm³/mol. The number of nitrogens with one attached hydrogen (secondary N) is 1. The molecule has 0 saturated heterocycles. The molecule has 0 bridgehead atoms. The lowest BCUT2D eigenvalue weighted by molar-refractivity contribution is -0.384. The molecule has 2 aromatic carbocycles. The van der Waals surface area contributed by atoms with Gasteiger partial charge < -0.3 is 19.4 Å². The molecule has 10 nitrogen and oxygen atoms in total. The second-order valence-electron chi connectivity index (χ2n) is 9.32. The van der Waals surface area contributed by atoms with Crippen LogP contribution in [-0.4, -0.2) is 51.2 Å². The van der Waals surface area contributed by atoms with E-state index >= 15 is 0 Å². The van der Waals surface area contributed by atoms with Crippen LogP contribution >= 0.6 is 0 Å². The van der Waals surface area contributed by atoms with E-state index in [1.807, 2.05) is 31.2 Å². The van der Waals surface area contributed by atoms with E-state index in [0.717, 1.165) is 28.8 Å². The Labute approximate surface area is 202 Å². The summed E-state index contributed by atoms with van der Waals surface area (Å²) in [5, 5.41) is 14.7. The minimum atomic E-state index is -0.423. The zero-order valence-electron chi connectivity index (χ0n) is 20.5. The molecule has 0 radical (unpaired) electrons. The number of methoxy groups -OCH3 is 2. The van der Waals surface area contributed by atoms with Gasteiger partial charge in [-0.3, -0.25) is 14.5 Å². The Morgan fingerprint density at radius 3 is 2.43 bits per heavy atom. The summed E-state index contributed by atoms with van der Waals surface area (Å²) in [5.41, 5.74) is 3.26. The number of anilines is 1. The standard InChI is InChI=1S/C25H29N5O5/c1-25(2,3)27-22-21(16-7-10-18(11-8-16)30(32)33)26-24-28(13-6-14-34-4)19-12-9-17(23(31)35-5)15-20(19)29(22)24/h7-12,15,27H,6,13-14H2,1-5H3. The van der Waals surface area contributed by atoms with Crippen LogP contribution in [0.5, 0.6) is 0 Å². The fourth-order valence-corrected chi connectivity index (χ4v) is 4.10. The number of fused-ring (bicyclic) bond motifs is 3. The van der Waals surface area contributed by atoms with Gasteiger partial charge in [0.1, 0.15) is 11.5 Å². The molecule has 35 heavy (non-hydrogen) atoms. The highest BCUT2D eigenvalue weighted by Crippen LogP contribution is 2.36. The highest BCUT2D eigenvalue weighted by molar-refractivity contribution is 5.96. The smallest absolute Gasteiger partial charge is 0.337 e. The summed E-state index contributed by atoms with van der Waals surface area (Å²) in [6.07, 6.45) is 0.774. The number of hydrogen-bond acceptors (Lipinski definition) is 7. The summed E-state index contributed by atoms with van der Waals surface area (Å²) in [6, 6.07) is 11.8. The van der Waals surface area contributed by atoms with Gasteiger partial charge in [0.2, 0.25) is 5.78 Å². The maximum Gasteiger partial charge on any atom is 0.337 e. The molecule has 0 aliphatic carbocycles. The number of hydrogen-bond donors (Lipinski definition) is 1. The van der Waals surface area contributed by atoms with E-state index in [0.29, 0.717) is 30.2 Å². The second-order valence-corrected chi connectivity index (χ2v) is 9.32. The van der Waals surface area contributed by atoms with Crippen molar-refractivity contribution in [2.75, 3.05) is 26.1 Å². The van der Waals surface area contributed by atoms with Crippen molar-refractivity contribution < 1.29 is 19.2 Å². The Hall–Kier alpha value is -3.92. The van der Waals surface area contributed by atoms with Crippen molar-refractivity contribution >= 4 is 34.3 Å². The number of rotatable bonds is 8. The number of nitro benzene ring substituents is 1. The largest absolute Gasteiger partial charge is 0.465 e. The number of non-ortho nitro benzene ring substituents is 1. The quantitative estimate of drug-likeness (QED) is 0.166. The van der Waals surface area contributed by atoms with Crippen LogP contribution in [0.4, 0.5) is 11.5 Å². The summed E-state index contributed by atoms with van der Waals surface area (Å²) < 4.78 is 14.3. The number of nitrogens with zero attached hydrogens (tertiary/aromatic N) is 4. The fourth-order valence-electron chi connectivity index (χ4n) is 4.10. The number of ether oxygens (including phenoxy) is 2. The van der Waals surface area contributed by atoms with E-state index in [1.165, 1.54) is 19.2 Å². The molecule has 4 rings (SSSR count). The molecular formula is C25H29N5O5. The Morgan fingerprint density at radius 1 is 1.11 bits per heavy atom. The van der Waals surface area contributed by atoms with Gasteiger partial charge in [-0.2, -0.15) is 0 Å². The Morgan fingerprint density at radius 2 is 1.83 bits per heavy atom. The summed E-state index contributed by atoms with van der Waals surface area (Å²) >= 11 is 0. The molecule has 2 aromatic heterocycles. The van der Waals surface area contributed by atoms with Crippen molar-refractivity contribution in [1.82, 2.24) is 14.0 Å². The molecular weight excluding hydrogens is 450 g/mol. The van der Waals surface area contributed by atoms with Crippen molar-refractivity contribution in [1.29, 1.82) is 0 Å². The summed E-state index contributed by atoms with van der Waals surface area (Å²) in [7, 11) is 3.02. The summed E-state index contributed by atoms with van der Waals surface area (Å²) in [5.74, 6) is 1.00. The molecule has 184 valence electrons. The number of esters is 1. The van der Waals surface area contributed by atoms with Gasteiger partial charge in [-0.25, -0.2) is 9.78 Å². The number of aromatic nitrogens is 3. The first-order valence-electron chi connectivity index (χ1n) is 11.3. The molecule has 0 amide bonds.